The summed E-state index contributed by atoms with van der Waals surface area (Å²) >= 11 is 0. The molecular weight excluding hydrogens is 350 g/mol. The van der Waals surface area contributed by atoms with E-state index in [1.165, 1.54) is 22.3 Å². The van der Waals surface area contributed by atoms with Crippen LogP contribution in [0.4, 0.5) is 0 Å². The Morgan fingerprint density at radius 1 is 0.759 bits per heavy atom. The molecule has 3 rings (SSSR count). The Kier molecular flexibility index (Phi) is 19.8. The van der Waals surface area contributed by atoms with Crippen molar-refractivity contribution < 1.29 is 0 Å². The topological polar surface area (TPSA) is 12.9 Å². The Balaban J connectivity index is 0. The number of aromatic nitrogens is 1. The summed E-state index contributed by atoms with van der Waals surface area (Å²) in [6, 6.07) is 22.8. The van der Waals surface area contributed by atoms with Gasteiger partial charge in [-0.05, 0) is 49.9 Å². The first-order valence-corrected chi connectivity index (χ1v) is 10.7. The third-order valence-electron chi connectivity index (χ3n) is 3.60. The van der Waals surface area contributed by atoms with Gasteiger partial charge in [0, 0.05) is 12.4 Å². The van der Waals surface area contributed by atoms with Gasteiger partial charge in [-0.3, -0.25) is 4.98 Å². The van der Waals surface area contributed by atoms with Crippen molar-refractivity contribution in [1.29, 1.82) is 0 Å². The number of aryl methyl sites for hydroxylation is 3. The lowest BCUT2D eigenvalue weighted by molar-refractivity contribution is 1.14. The van der Waals surface area contributed by atoms with E-state index in [2.05, 4.69) is 61.8 Å². The van der Waals surface area contributed by atoms with Gasteiger partial charge in [0.25, 0.3) is 0 Å². The molecule has 0 unspecified atom stereocenters. The van der Waals surface area contributed by atoms with E-state index >= 15 is 0 Å². The van der Waals surface area contributed by atoms with Gasteiger partial charge >= 0.3 is 0 Å². The highest BCUT2D eigenvalue weighted by Crippen LogP contribution is 2.12. The second-order valence-electron chi connectivity index (χ2n) is 6.02. The summed E-state index contributed by atoms with van der Waals surface area (Å²) in [5.41, 5.74) is 6.29. The van der Waals surface area contributed by atoms with Crippen molar-refractivity contribution in [3.8, 4) is 0 Å². The summed E-state index contributed by atoms with van der Waals surface area (Å²) < 4.78 is 0. The largest absolute Gasteiger partial charge is 0.264 e. The first kappa shape index (κ1) is 28.5. The monoisotopic (exact) mass is 391 g/mol. The molecule has 0 aliphatic rings. The van der Waals surface area contributed by atoms with Crippen molar-refractivity contribution in [2.45, 2.75) is 61.8 Å². The van der Waals surface area contributed by atoms with Gasteiger partial charge in [-0.15, -0.1) is 0 Å². The van der Waals surface area contributed by atoms with Gasteiger partial charge in [-0.1, -0.05) is 113 Å². The molecule has 0 saturated heterocycles. The zero-order valence-corrected chi connectivity index (χ0v) is 19.9. The minimum atomic E-state index is 1.11. The van der Waals surface area contributed by atoms with Crippen LogP contribution in [-0.2, 0) is 6.42 Å². The molecular formula is C28H41N. The highest BCUT2D eigenvalue weighted by atomic mass is 14.6. The molecule has 1 heteroatoms. The summed E-state index contributed by atoms with van der Waals surface area (Å²) in [6.45, 7) is 20.2. The van der Waals surface area contributed by atoms with Crippen LogP contribution in [-0.4, -0.2) is 4.98 Å². The van der Waals surface area contributed by atoms with E-state index in [-0.39, 0.29) is 0 Å². The minimum absolute atomic E-state index is 1.11. The summed E-state index contributed by atoms with van der Waals surface area (Å²) in [4.78, 5) is 3.88. The molecule has 0 amide bonds. The molecule has 1 nitrogen and oxygen atoms in total. The van der Waals surface area contributed by atoms with E-state index in [0.717, 1.165) is 12.0 Å². The number of benzene rings is 2. The predicted molar refractivity (Wildman–Crippen MR) is 133 cm³/mol. The van der Waals surface area contributed by atoms with Crippen LogP contribution in [0.3, 0.4) is 0 Å². The van der Waals surface area contributed by atoms with Gasteiger partial charge in [-0.25, -0.2) is 0 Å². The summed E-state index contributed by atoms with van der Waals surface area (Å²) in [5, 5.41) is 0. The minimum Gasteiger partial charge on any atom is -0.264 e. The molecule has 0 atom stereocenters. The number of rotatable bonds is 2. The maximum absolute atomic E-state index is 3.88. The normalized spacial score (nSPS) is 8.28. The second-order valence-corrected chi connectivity index (χ2v) is 6.02. The van der Waals surface area contributed by atoms with Gasteiger partial charge < -0.3 is 0 Å². The van der Waals surface area contributed by atoms with Gasteiger partial charge in [0.1, 0.15) is 0 Å². The zero-order chi connectivity index (χ0) is 22.5. The molecule has 0 aliphatic carbocycles. The molecule has 1 aromatic heterocycles. The number of allylic oxidation sites excluding steroid dienone is 1. The number of hydrogen-bond donors (Lipinski definition) is 0. The van der Waals surface area contributed by atoms with Crippen LogP contribution in [0.5, 0.6) is 0 Å². The van der Waals surface area contributed by atoms with E-state index in [4.69, 9.17) is 0 Å². The molecule has 1 heterocycles. The molecule has 2 aromatic carbocycles. The fourth-order valence-electron chi connectivity index (χ4n) is 2.01. The first-order valence-electron chi connectivity index (χ1n) is 10.7. The Hall–Kier alpha value is -2.67. The highest BCUT2D eigenvalue weighted by Gasteiger charge is 1.91. The van der Waals surface area contributed by atoms with E-state index < -0.39 is 0 Å². The molecule has 3 aromatic rings. The fraction of sp³-hybridized carbons (Fsp3) is 0.321. The summed E-state index contributed by atoms with van der Waals surface area (Å²) in [6.07, 6.45) is 4.71. The molecule has 0 N–H and O–H groups in total. The molecule has 0 fully saturated rings. The summed E-state index contributed by atoms with van der Waals surface area (Å²) in [5.74, 6) is 0. The third-order valence-corrected chi connectivity index (χ3v) is 3.60. The highest BCUT2D eigenvalue weighted by molar-refractivity contribution is 5.61. The fourth-order valence-corrected chi connectivity index (χ4v) is 2.01. The second kappa shape index (κ2) is 20.1. The lowest BCUT2D eigenvalue weighted by Gasteiger charge is -2.00. The van der Waals surface area contributed by atoms with Gasteiger partial charge in [0.05, 0.1) is 0 Å². The van der Waals surface area contributed by atoms with Crippen LogP contribution in [0, 0.1) is 13.8 Å². The Morgan fingerprint density at radius 3 is 1.55 bits per heavy atom. The van der Waals surface area contributed by atoms with Crippen LogP contribution in [0.1, 0.15) is 63.8 Å². The lowest BCUT2D eigenvalue weighted by Crippen LogP contribution is -1.81. The number of hydrogen-bond acceptors (Lipinski definition) is 1. The van der Waals surface area contributed by atoms with Gasteiger partial charge in [-0.2, -0.15) is 0 Å². The van der Waals surface area contributed by atoms with Crippen molar-refractivity contribution >= 4 is 5.57 Å². The van der Waals surface area contributed by atoms with Crippen LogP contribution < -0.4 is 0 Å². The SMILES string of the molecule is C=C(C)c1ccc(CC)cc1.CC.CC.Cc1ccccc1.Cc1cccnc1. The molecule has 0 bridgehead atoms. The van der Waals surface area contributed by atoms with Gasteiger partial charge in [0.2, 0.25) is 0 Å². The number of nitrogens with zero attached hydrogens (tertiary/aromatic N) is 1. The smallest absolute Gasteiger partial charge is 0.0297 e. The van der Waals surface area contributed by atoms with Crippen molar-refractivity contribution in [2.75, 3.05) is 0 Å². The van der Waals surface area contributed by atoms with Crippen molar-refractivity contribution in [3.63, 3.8) is 0 Å². The molecule has 0 aliphatic heterocycles. The molecule has 29 heavy (non-hydrogen) atoms. The predicted octanol–water partition coefficient (Wildman–Crippen LogP) is 8.72. The molecule has 0 spiro atoms. The standard InChI is InChI=1S/C11H14.C7H8.C6H7N.2C2H6/c1-4-10-5-7-11(8-6-10)9(2)3;1-7-5-3-2-4-6-7;1-6-3-2-4-7-5-6;2*1-2/h5-8H,2,4H2,1,3H3;2-6H,1H3;2-5H,1H3;2*1-2H3. The van der Waals surface area contributed by atoms with E-state index in [1.807, 2.05) is 78.1 Å². The lowest BCUT2D eigenvalue weighted by atomic mass is 10.1. The zero-order valence-electron chi connectivity index (χ0n) is 19.9. The van der Waals surface area contributed by atoms with Crippen LogP contribution >= 0.6 is 0 Å². The van der Waals surface area contributed by atoms with Crippen molar-refractivity contribution in [3.05, 3.63) is 108 Å². The van der Waals surface area contributed by atoms with Crippen LogP contribution in [0.2, 0.25) is 0 Å². The van der Waals surface area contributed by atoms with E-state index in [0.29, 0.717) is 0 Å². The first-order chi connectivity index (χ1) is 14.0. The van der Waals surface area contributed by atoms with Crippen LogP contribution in [0.15, 0.2) is 85.7 Å². The maximum Gasteiger partial charge on any atom is 0.0297 e. The van der Waals surface area contributed by atoms with Crippen LogP contribution in [0.25, 0.3) is 5.57 Å². The molecule has 0 radical (unpaired) electrons. The average Bonchev–Trinajstić information content (AvgIpc) is 2.78. The molecule has 0 saturated carbocycles. The Labute approximate surface area is 180 Å². The maximum atomic E-state index is 3.88. The third kappa shape index (κ3) is 16.0. The van der Waals surface area contributed by atoms with Crippen molar-refractivity contribution in [1.82, 2.24) is 4.98 Å². The quantitative estimate of drug-likeness (QED) is 0.425. The van der Waals surface area contributed by atoms with Gasteiger partial charge in [0.15, 0.2) is 0 Å². The van der Waals surface area contributed by atoms with E-state index in [9.17, 15) is 0 Å². The molecule has 158 valence electrons. The summed E-state index contributed by atoms with van der Waals surface area (Å²) in [7, 11) is 0. The number of pyridine rings is 1. The Bertz CT molecular complexity index is 676. The van der Waals surface area contributed by atoms with E-state index in [1.54, 1.807) is 6.20 Å². The Morgan fingerprint density at radius 2 is 1.28 bits per heavy atom. The average molecular weight is 392 g/mol. The van der Waals surface area contributed by atoms with Crippen molar-refractivity contribution in [2.24, 2.45) is 0 Å².